The van der Waals surface area contributed by atoms with E-state index in [1.807, 2.05) is 12.1 Å². The number of aromatic nitrogens is 2. The lowest BCUT2D eigenvalue weighted by Crippen LogP contribution is -2.26. The molecule has 0 radical (unpaired) electrons. The van der Waals surface area contributed by atoms with E-state index in [0.29, 0.717) is 23.8 Å². The van der Waals surface area contributed by atoms with Gasteiger partial charge in [0.25, 0.3) is 0 Å². The number of nitrogens with zero attached hydrogens (tertiary/aromatic N) is 3. The third kappa shape index (κ3) is 4.18. The molecule has 0 amide bonds. The molecule has 0 unspecified atom stereocenters. The Morgan fingerprint density at radius 1 is 1.26 bits per heavy atom. The zero-order chi connectivity index (χ0) is 15.9. The minimum Gasteiger partial charge on any atom is -0.474 e. The lowest BCUT2D eigenvalue weighted by molar-refractivity contribution is 0.0237. The second-order valence-electron chi connectivity index (χ2n) is 5.30. The summed E-state index contributed by atoms with van der Waals surface area (Å²) in [5.74, 6) is 1.21. The molecule has 118 valence electrons. The van der Waals surface area contributed by atoms with Crippen LogP contribution in [-0.4, -0.2) is 29.3 Å². The van der Waals surface area contributed by atoms with Crippen molar-refractivity contribution in [2.24, 2.45) is 0 Å². The molecule has 3 heterocycles. The standard InChI is InChI=1S/C17H18N4O2/c18-11-14-2-1-6-20-17(14)21-12-13-3-7-19-16(10-13)23-15-4-8-22-9-5-15/h1-3,6-7,10,15H,4-5,8-9,12H2,(H,20,21). The number of hydrogen-bond donors (Lipinski definition) is 1. The predicted octanol–water partition coefficient (Wildman–Crippen LogP) is 2.52. The molecule has 3 rings (SSSR count). The predicted molar refractivity (Wildman–Crippen MR) is 85.0 cm³/mol. The summed E-state index contributed by atoms with van der Waals surface area (Å²) < 4.78 is 11.2. The van der Waals surface area contributed by atoms with Gasteiger partial charge < -0.3 is 14.8 Å². The summed E-state index contributed by atoms with van der Waals surface area (Å²) in [7, 11) is 0. The first kappa shape index (κ1) is 15.3. The average molecular weight is 310 g/mol. The summed E-state index contributed by atoms with van der Waals surface area (Å²) in [5, 5.41) is 12.2. The molecule has 2 aromatic rings. The summed E-state index contributed by atoms with van der Waals surface area (Å²) >= 11 is 0. The summed E-state index contributed by atoms with van der Waals surface area (Å²) in [4.78, 5) is 8.45. The smallest absolute Gasteiger partial charge is 0.213 e. The maximum absolute atomic E-state index is 9.07. The van der Waals surface area contributed by atoms with E-state index >= 15 is 0 Å². The topological polar surface area (TPSA) is 80.1 Å². The Labute approximate surface area is 135 Å². The molecule has 6 heteroatoms. The van der Waals surface area contributed by atoms with Gasteiger partial charge in [0.2, 0.25) is 5.88 Å². The van der Waals surface area contributed by atoms with Crippen molar-refractivity contribution in [1.82, 2.24) is 9.97 Å². The van der Waals surface area contributed by atoms with Crippen molar-refractivity contribution in [3.63, 3.8) is 0 Å². The Bertz CT molecular complexity index is 693. The number of nitrogens with one attached hydrogen (secondary N) is 1. The number of nitriles is 1. The maximum Gasteiger partial charge on any atom is 0.213 e. The van der Waals surface area contributed by atoms with Crippen molar-refractivity contribution < 1.29 is 9.47 Å². The molecule has 0 atom stereocenters. The van der Waals surface area contributed by atoms with E-state index in [4.69, 9.17) is 14.7 Å². The van der Waals surface area contributed by atoms with Crippen molar-refractivity contribution >= 4 is 5.82 Å². The molecule has 1 N–H and O–H groups in total. The van der Waals surface area contributed by atoms with Gasteiger partial charge in [0.15, 0.2) is 0 Å². The van der Waals surface area contributed by atoms with E-state index in [2.05, 4.69) is 21.4 Å². The van der Waals surface area contributed by atoms with Crippen molar-refractivity contribution in [1.29, 1.82) is 5.26 Å². The zero-order valence-electron chi connectivity index (χ0n) is 12.7. The molecule has 0 spiro atoms. The monoisotopic (exact) mass is 310 g/mol. The lowest BCUT2D eigenvalue weighted by Gasteiger charge is -2.22. The quantitative estimate of drug-likeness (QED) is 0.914. The maximum atomic E-state index is 9.07. The Morgan fingerprint density at radius 2 is 2.13 bits per heavy atom. The van der Waals surface area contributed by atoms with Crippen molar-refractivity contribution in [2.75, 3.05) is 18.5 Å². The van der Waals surface area contributed by atoms with Crippen LogP contribution in [0.2, 0.25) is 0 Å². The Hall–Kier alpha value is -2.65. The van der Waals surface area contributed by atoms with Crippen LogP contribution < -0.4 is 10.1 Å². The van der Waals surface area contributed by atoms with E-state index < -0.39 is 0 Å². The molecule has 6 nitrogen and oxygen atoms in total. The summed E-state index contributed by atoms with van der Waals surface area (Å²) in [6, 6.07) is 9.44. The fourth-order valence-electron chi connectivity index (χ4n) is 2.41. The van der Waals surface area contributed by atoms with Crippen LogP contribution >= 0.6 is 0 Å². The second-order valence-corrected chi connectivity index (χ2v) is 5.30. The molecule has 1 saturated heterocycles. The van der Waals surface area contributed by atoms with Crippen molar-refractivity contribution in [2.45, 2.75) is 25.5 Å². The molecule has 23 heavy (non-hydrogen) atoms. The minimum absolute atomic E-state index is 0.167. The van der Waals surface area contributed by atoms with Crippen molar-refractivity contribution in [3.05, 3.63) is 47.8 Å². The van der Waals surface area contributed by atoms with Crippen molar-refractivity contribution in [3.8, 4) is 11.9 Å². The third-order valence-corrected chi connectivity index (χ3v) is 3.64. The lowest BCUT2D eigenvalue weighted by atomic mass is 10.1. The molecule has 0 bridgehead atoms. The number of pyridine rings is 2. The van der Waals surface area contributed by atoms with E-state index in [1.54, 1.807) is 24.5 Å². The highest BCUT2D eigenvalue weighted by molar-refractivity contribution is 5.51. The Kier molecular flexibility index (Phi) is 5.02. The SMILES string of the molecule is N#Cc1cccnc1NCc1ccnc(OC2CCOCC2)c1. The molecular weight excluding hydrogens is 292 g/mol. The normalized spacial score (nSPS) is 14.9. The van der Waals surface area contributed by atoms with Crippen LogP contribution in [0.25, 0.3) is 0 Å². The Balaban J connectivity index is 1.62. The van der Waals surface area contributed by atoms with Crippen LogP contribution in [-0.2, 0) is 11.3 Å². The summed E-state index contributed by atoms with van der Waals surface area (Å²) in [5.41, 5.74) is 1.55. The highest BCUT2D eigenvalue weighted by Crippen LogP contribution is 2.18. The molecular formula is C17H18N4O2. The van der Waals surface area contributed by atoms with Gasteiger partial charge in [0.05, 0.1) is 18.8 Å². The molecule has 2 aromatic heterocycles. The van der Waals surface area contributed by atoms with E-state index in [0.717, 1.165) is 31.6 Å². The molecule has 0 aromatic carbocycles. The van der Waals surface area contributed by atoms with E-state index in [-0.39, 0.29) is 6.10 Å². The van der Waals surface area contributed by atoms with Gasteiger partial charge in [-0.05, 0) is 23.8 Å². The minimum atomic E-state index is 0.167. The van der Waals surface area contributed by atoms with Gasteiger partial charge in [-0.15, -0.1) is 0 Å². The first-order valence-electron chi connectivity index (χ1n) is 7.63. The van der Waals surface area contributed by atoms with Crippen LogP contribution in [0.3, 0.4) is 0 Å². The van der Waals surface area contributed by atoms with Crippen LogP contribution in [0.1, 0.15) is 24.0 Å². The molecule has 0 saturated carbocycles. The van der Waals surface area contributed by atoms with E-state index in [1.165, 1.54) is 0 Å². The number of anilines is 1. The fourth-order valence-corrected chi connectivity index (χ4v) is 2.41. The summed E-state index contributed by atoms with van der Waals surface area (Å²) in [6.45, 7) is 2.03. The number of rotatable bonds is 5. The van der Waals surface area contributed by atoms with Gasteiger partial charge in [0.1, 0.15) is 18.0 Å². The highest BCUT2D eigenvalue weighted by atomic mass is 16.5. The van der Waals surface area contributed by atoms with Gasteiger partial charge >= 0.3 is 0 Å². The van der Waals surface area contributed by atoms with Gasteiger partial charge in [-0.25, -0.2) is 9.97 Å². The van der Waals surface area contributed by atoms with Gasteiger partial charge in [0, 0.05) is 37.8 Å². The number of ether oxygens (including phenoxy) is 2. The van der Waals surface area contributed by atoms with Crippen LogP contribution in [0.5, 0.6) is 5.88 Å². The fraction of sp³-hybridized carbons (Fsp3) is 0.353. The summed E-state index contributed by atoms with van der Waals surface area (Å²) in [6.07, 6.45) is 5.35. The molecule has 0 aliphatic carbocycles. The zero-order valence-corrected chi connectivity index (χ0v) is 12.7. The van der Waals surface area contributed by atoms with E-state index in [9.17, 15) is 0 Å². The first-order chi connectivity index (χ1) is 11.3. The highest BCUT2D eigenvalue weighted by Gasteiger charge is 2.15. The van der Waals surface area contributed by atoms with Crippen LogP contribution in [0.4, 0.5) is 5.82 Å². The first-order valence-corrected chi connectivity index (χ1v) is 7.63. The third-order valence-electron chi connectivity index (χ3n) is 3.64. The second kappa shape index (κ2) is 7.56. The largest absolute Gasteiger partial charge is 0.474 e. The van der Waals surface area contributed by atoms with Gasteiger partial charge in [-0.1, -0.05) is 0 Å². The van der Waals surface area contributed by atoms with Crippen LogP contribution in [0.15, 0.2) is 36.7 Å². The van der Waals surface area contributed by atoms with Gasteiger partial charge in [-0.2, -0.15) is 5.26 Å². The van der Waals surface area contributed by atoms with Gasteiger partial charge in [-0.3, -0.25) is 0 Å². The molecule has 1 fully saturated rings. The Morgan fingerprint density at radius 3 is 2.96 bits per heavy atom. The average Bonchev–Trinajstić information content (AvgIpc) is 2.61. The molecule has 1 aliphatic heterocycles. The molecule has 1 aliphatic rings. The number of hydrogen-bond acceptors (Lipinski definition) is 6. The van der Waals surface area contributed by atoms with Crippen LogP contribution in [0, 0.1) is 11.3 Å².